The monoisotopic (exact) mass is 345 g/mol. The number of methoxy groups -OCH3 is 1. The number of benzene rings is 2. The van der Waals surface area contributed by atoms with Crippen LogP contribution in [0.1, 0.15) is 22.4 Å². The summed E-state index contributed by atoms with van der Waals surface area (Å²) in [6.07, 6.45) is 2.63. The second kappa shape index (κ2) is 7.96. The third kappa shape index (κ3) is 4.37. The van der Waals surface area contributed by atoms with E-state index in [1.807, 2.05) is 56.4 Å². The highest BCUT2D eigenvalue weighted by atomic mass is 16.5. The lowest BCUT2D eigenvalue weighted by molar-refractivity contribution is -0.117. The van der Waals surface area contributed by atoms with Crippen molar-refractivity contribution >= 4 is 5.78 Å². The van der Waals surface area contributed by atoms with Gasteiger partial charge in [-0.15, -0.1) is 0 Å². The number of nitrogens with zero attached hydrogens (tertiary/aromatic N) is 1. The van der Waals surface area contributed by atoms with Crippen LogP contribution < -0.4 is 4.74 Å². The Morgan fingerprint density at radius 2 is 1.69 bits per heavy atom. The molecule has 26 heavy (non-hydrogen) atoms. The third-order valence-electron chi connectivity index (χ3n) is 4.41. The molecule has 3 aromatic rings. The smallest absolute Gasteiger partial charge is 0.141 e. The molecule has 0 bridgehead atoms. The minimum Gasteiger partial charge on any atom is -0.496 e. The minimum absolute atomic E-state index is 0.182. The molecule has 3 nitrogen and oxygen atoms in total. The Labute approximate surface area is 154 Å². The minimum atomic E-state index is 0.182. The molecule has 0 N–H and O–H groups in total. The average Bonchev–Trinajstić information content (AvgIpc) is 2.62. The molecule has 132 valence electrons. The zero-order valence-corrected chi connectivity index (χ0v) is 15.5. The summed E-state index contributed by atoms with van der Waals surface area (Å²) in [5, 5.41) is 0. The van der Waals surface area contributed by atoms with Crippen LogP contribution in [0, 0.1) is 13.8 Å². The summed E-state index contributed by atoms with van der Waals surface area (Å²) >= 11 is 0. The van der Waals surface area contributed by atoms with Gasteiger partial charge in [-0.2, -0.15) is 0 Å². The van der Waals surface area contributed by atoms with E-state index in [1.165, 1.54) is 0 Å². The molecule has 0 aliphatic carbocycles. The molecule has 0 radical (unpaired) electrons. The Morgan fingerprint density at radius 3 is 2.38 bits per heavy atom. The fourth-order valence-electron chi connectivity index (χ4n) is 3.09. The molecule has 0 aliphatic rings. The molecule has 0 aliphatic heterocycles. The summed E-state index contributed by atoms with van der Waals surface area (Å²) < 4.78 is 5.37. The Hall–Kier alpha value is -2.94. The molecule has 0 saturated heterocycles. The number of ketones is 1. The van der Waals surface area contributed by atoms with Crippen LogP contribution in [-0.2, 0) is 17.6 Å². The molecule has 1 heterocycles. The summed E-state index contributed by atoms with van der Waals surface area (Å²) in [6, 6.07) is 18.2. The van der Waals surface area contributed by atoms with Gasteiger partial charge in [-0.05, 0) is 48.7 Å². The summed E-state index contributed by atoms with van der Waals surface area (Å²) in [7, 11) is 1.64. The number of hydrogen-bond donors (Lipinski definition) is 0. The average molecular weight is 345 g/mol. The largest absolute Gasteiger partial charge is 0.496 e. The second-order valence-electron chi connectivity index (χ2n) is 6.59. The molecule has 3 rings (SSSR count). The van der Waals surface area contributed by atoms with E-state index < -0.39 is 0 Å². The first-order chi connectivity index (χ1) is 12.5. The summed E-state index contributed by atoms with van der Waals surface area (Å²) in [4.78, 5) is 16.7. The van der Waals surface area contributed by atoms with Crippen molar-refractivity contribution in [2.75, 3.05) is 7.11 Å². The summed E-state index contributed by atoms with van der Waals surface area (Å²) in [5.41, 5.74) is 6.36. The van der Waals surface area contributed by atoms with Crippen LogP contribution in [0.3, 0.4) is 0 Å². The predicted octanol–water partition coefficient (Wildman–Crippen LogP) is 4.73. The van der Waals surface area contributed by atoms with Crippen LogP contribution in [0.5, 0.6) is 5.75 Å². The van der Waals surface area contributed by atoms with Gasteiger partial charge in [0.1, 0.15) is 11.5 Å². The van der Waals surface area contributed by atoms with E-state index in [4.69, 9.17) is 4.74 Å². The Kier molecular flexibility index (Phi) is 5.47. The first-order valence-electron chi connectivity index (χ1n) is 8.72. The van der Waals surface area contributed by atoms with Crippen LogP contribution in [-0.4, -0.2) is 17.9 Å². The van der Waals surface area contributed by atoms with Crippen LogP contribution in [0.4, 0.5) is 0 Å². The van der Waals surface area contributed by atoms with Gasteiger partial charge in [0.05, 0.1) is 7.11 Å². The molecule has 0 fully saturated rings. The van der Waals surface area contributed by atoms with Crippen LogP contribution in [0.2, 0.25) is 0 Å². The van der Waals surface area contributed by atoms with Crippen molar-refractivity contribution in [1.82, 2.24) is 4.98 Å². The quantitative estimate of drug-likeness (QED) is 0.648. The summed E-state index contributed by atoms with van der Waals surface area (Å²) in [6.45, 7) is 4.00. The first kappa shape index (κ1) is 17.9. The van der Waals surface area contributed by atoms with E-state index in [0.29, 0.717) is 12.8 Å². The molecule has 0 saturated carbocycles. The number of carbonyl (C=O) groups excluding carboxylic acids is 1. The van der Waals surface area contributed by atoms with Gasteiger partial charge < -0.3 is 4.74 Å². The second-order valence-corrected chi connectivity index (χ2v) is 6.59. The number of aromatic nitrogens is 1. The molecule has 2 aromatic carbocycles. The van der Waals surface area contributed by atoms with Gasteiger partial charge in [-0.25, -0.2) is 0 Å². The van der Waals surface area contributed by atoms with Crippen LogP contribution >= 0.6 is 0 Å². The molecule has 1 aromatic heterocycles. The molecular formula is C23H23NO2. The van der Waals surface area contributed by atoms with Gasteiger partial charge in [-0.3, -0.25) is 9.78 Å². The van der Waals surface area contributed by atoms with E-state index in [-0.39, 0.29) is 5.78 Å². The highest BCUT2D eigenvalue weighted by Crippen LogP contribution is 2.22. The lowest BCUT2D eigenvalue weighted by atomic mass is 9.99. The molecule has 3 heteroatoms. The van der Waals surface area contributed by atoms with Gasteiger partial charge >= 0.3 is 0 Å². The fourth-order valence-corrected chi connectivity index (χ4v) is 3.09. The summed E-state index contributed by atoms with van der Waals surface area (Å²) in [5.74, 6) is 0.953. The predicted molar refractivity (Wildman–Crippen MR) is 105 cm³/mol. The zero-order chi connectivity index (χ0) is 18.5. The van der Waals surface area contributed by atoms with Crippen molar-refractivity contribution in [3.05, 3.63) is 83.2 Å². The lowest BCUT2D eigenvalue weighted by Crippen LogP contribution is -2.08. The van der Waals surface area contributed by atoms with E-state index in [9.17, 15) is 4.79 Å². The van der Waals surface area contributed by atoms with Gasteiger partial charge in [0.25, 0.3) is 0 Å². The van der Waals surface area contributed by atoms with Gasteiger partial charge in [0, 0.05) is 30.3 Å². The fraction of sp³-hybridized carbons (Fsp3) is 0.217. The van der Waals surface area contributed by atoms with Crippen molar-refractivity contribution in [1.29, 1.82) is 0 Å². The van der Waals surface area contributed by atoms with Crippen molar-refractivity contribution in [3.63, 3.8) is 0 Å². The van der Waals surface area contributed by atoms with E-state index in [1.54, 1.807) is 7.11 Å². The molecule has 0 amide bonds. The highest BCUT2D eigenvalue weighted by molar-refractivity contribution is 5.84. The topological polar surface area (TPSA) is 39.2 Å². The SMILES string of the molecule is COc1ccc(C)cc1CC(=O)Cc1ccc(-c2ccnc(C)c2)cc1. The maximum Gasteiger partial charge on any atom is 0.141 e. The van der Waals surface area contributed by atoms with E-state index in [2.05, 4.69) is 23.2 Å². The number of ether oxygens (including phenoxy) is 1. The number of pyridine rings is 1. The molecule has 0 spiro atoms. The Morgan fingerprint density at radius 1 is 0.923 bits per heavy atom. The van der Waals surface area contributed by atoms with Gasteiger partial charge in [0.15, 0.2) is 0 Å². The first-order valence-corrected chi connectivity index (χ1v) is 8.72. The number of Topliss-reactive ketones (excluding diaryl/α,β-unsaturated/α-hetero) is 1. The van der Waals surface area contributed by atoms with Gasteiger partial charge in [0.2, 0.25) is 0 Å². The van der Waals surface area contributed by atoms with Crippen molar-refractivity contribution in [3.8, 4) is 16.9 Å². The van der Waals surface area contributed by atoms with E-state index >= 15 is 0 Å². The van der Waals surface area contributed by atoms with Crippen molar-refractivity contribution in [2.45, 2.75) is 26.7 Å². The maximum absolute atomic E-state index is 12.5. The number of hydrogen-bond acceptors (Lipinski definition) is 3. The Balaban J connectivity index is 1.69. The number of aryl methyl sites for hydroxylation is 2. The standard InChI is InChI=1S/C23H23NO2/c1-16-4-9-23(26-3)21(12-16)15-22(25)14-18-5-7-19(8-6-18)20-10-11-24-17(2)13-20/h4-13H,14-15H2,1-3H3. The number of carbonyl (C=O) groups is 1. The number of rotatable bonds is 6. The highest BCUT2D eigenvalue weighted by Gasteiger charge is 2.10. The van der Waals surface area contributed by atoms with Crippen molar-refractivity contribution < 1.29 is 9.53 Å². The molecule has 0 unspecified atom stereocenters. The maximum atomic E-state index is 12.5. The van der Waals surface area contributed by atoms with Gasteiger partial charge in [-0.1, -0.05) is 42.0 Å². The normalized spacial score (nSPS) is 10.6. The lowest BCUT2D eigenvalue weighted by Gasteiger charge is -2.09. The molecular weight excluding hydrogens is 322 g/mol. The zero-order valence-electron chi connectivity index (χ0n) is 15.5. The molecule has 0 atom stereocenters. The van der Waals surface area contributed by atoms with Crippen LogP contribution in [0.25, 0.3) is 11.1 Å². The van der Waals surface area contributed by atoms with E-state index in [0.717, 1.165) is 39.3 Å². The van der Waals surface area contributed by atoms with Crippen LogP contribution in [0.15, 0.2) is 60.8 Å². The van der Waals surface area contributed by atoms with Crippen molar-refractivity contribution in [2.24, 2.45) is 0 Å². The Bertz CT molecular complexity index is 914. The third-order valence-corrected chi connectivity index (χ3v) is 4.41.